The highest BCUT2D eigenvalue weighted by molar-refractivity contribution is 6.31. The van der Waals surface area contributed by atoms with Crippen LogP contribution < -0.4 is 4.74 Å². The van der Waals surface area contributed by atoms with Crippen LogP contribution in [0.15, 0.2) is 36.4 Å². The van der Waals surface area contributed by atoms with Gasteiger partial charge in [0.15, 0.2) is 5.78 Å². The van der Waals surface area contributed by atoms with Crippen LogP contribution in [0.5, 0.6) is 5.75 Å². The lowest BCUT2D eigenvalue weighted by atomic mass is 9.82. The van der Waals surface area contributed by atoms with E-state index in [0.717, 1.165) is 11.0 Å². The molecule has 34 heavy (non-hydrogen) atoms. The van der Waals surface area contributed by atoms with Crippen molar-refractivity contribution in [3.05, 3.63) is 68.2 Å². The SMILES string of the molecule is O=C1CC2(CCN(C(=O)CN3C(=O)c4cccc([N+](=O)[O-])c4C3=O)CC2)Oc2ccc(Cl)cc21. The van der Waals surface area contributed by atoms with Crippen molar-refractivity contribution in [3.63, 3.8) is 0 Å². The quantitative estimate of drug-likeness (QED) is 0.373. The lowest BCUT2D eigenvalue weighted by Crippen LogP contribution is -2.54. The minimum atomic E-state index is -0.856. The molecule has 0 bridgehead atoms. The predicted octanol–water partition coefficient (Wildman–Crippen LogP) is 2.87. The fourth-order valence-corrected chi connectivity index (χ4v) is 4.93. The molecule has 2 aromatic rings. The zero-order valence-corrected chi connectivity index (χ0v) is 18.5. The average molecular weight is 484 g/mol. The molecule has 3 amide bonds. The van der Waals surface area contributed by atoms with Crippen LogP contribution >= 0.6 is 11.6 Å². The van der Waals surface area contributed by atoms with Crippen molar-refractivity contribution in [2.75, 3.05) is 19.6 Å². The molecule has 0 unspecified atom stereocenters. The van der Waals surface area contributed by atoms with E-state index in [1.54, 1.807) is 18.2 Å². The molecule has 0 aliphatic carbocycles. The summed E-state index contributed by atoms with van der Waals surface area (Å²) in [5, 5.41) is 11.7. The topological polar surface area (TPSA) is 127 Å². The highest BCUT2D eigenvalue weighted by Gasteiger charge is 2.45. The van der Waals surface area contributed by atoms with Crippen LogP contribution in [0, 0.1) is 10.1 Å². The lowest BCUT2D eigenvalue weighted by Gasteiger charge is -2.44. The van der Waals surface area contributed by atoms with E-state index < -0.39 is 40.5 Å². The molecule has 3 aliphatic heterocycles. The Labute approximate surface area is 198 Å². The minimum Gasteiger partial charge on any atom is -0.486 e. The van der Waals surface area contributed by atoms with Gasteiger partial charge < -0.3 is 9.64 Å². The van der Waals surface area contributed by atoms with Crippen molar-refractivity contribution in [3.8, 4) is 5.75 Å². The first-order valence-electron chi connectivity index (χ1n) is 10.6. The summed E-state index contributed by atoms with van der Waals surface area (Å²) in [7, 11) is 0. The van der Waals surface area contributed by atoms with Gasteiger partial charge in [-0.1, -0.05) is 17.7 Å². The molecule has 174 valence electrons. The summed E-state index contributed by atoms with van der Waals surface area (Å²) < 4.78 is 6.16. The number of ether oxygens (including phenoxy) is 1. The van der Waals surface area contributed by atoms with Crippen molar-refractivity contribution in [1.29, 1.82) is 0 Å². The zero-order chi connectivity index (χ0) is 24.2. The van der Waals surface area contributed by atoms with Crippen molar-refractivity contribution >= 4 is 40.8 Å². The largest absolute Gasteiger partial charge is 0.486 e. The third-order valence-corrected chi connectivity index (χ3v) is 6.78. The molecule has 1 saturated heterocycles. The first-order chi connectivity index (χ1) is 16.2. The second-order valence-corrected chi connectivity index (χ2v) is 9.00. The first-order valence-corrected chi connectivity index (χ1v) is 11.0. The van der Waals surface area contributed by atoms with E-state index in [-0.39, 0.29) is 36.4 Å². The number of nitro benzene ring substituents is 1. The number of rotatable bonds is 3. The number of ketones is 1. The van der Waals surface area contributed by atoms with Crippen molar-refractivity contribution in [1.82, 2.24) is 9.80 Å². The number of benzene rings is 2. The van der Waals surface area contributed by atoms with E-state index in [4.69, 9.17) is 16.3 Å². The maximum atomic E-state index is 12.9. The number of Topliss-reactive ketones (excluding diaryl/α,β-unsaturated/α-hetero) is 1. The number of hydrogen-bond donors (Lipinski definition) is 0. The summed E-state index contributed by atoms with van der Waals surface area (Å²) in [6.07, 6.45) is 0.977. The number of carbonyl (C=O) groups excluding carboxylic acids is 4. The normalized spacial score (nSPS) is 18.6. The number of imide groups is 1. The van der Waals surface area contributed by atoms with Crippen LogP contribution in [0.3, 0.4) is 0 Å². The maximum absolute atomic E-state index is 12.9. The summed E-state index contributed by atoms with van der Waals surface area (Å²) in [4.78, 5) is 63.8. The Balaban J connectivity index is 1.27. The van der Waals surface area contributed by atoms with Crippen LogP contribution in [-0.4, -0.2) is 63.5 Å². The molecule has 2 aromatic carbocycles. The summed E-state index contributed by atoms with van der Waals surface area (Å²) in [6, 6.07) is 8.70. The Kier molecular flexibility index (Phi) is 5.12. The third-order valence-electron chi connectivity index (χ3n) is 6.55. The smallest absolute Gasteiger partial charge is 0.282 e. The number of hydrogen-bond acceptors (Lipinski definition) is 7. The van der Waals surface area contributed by atoms with E-state index in [0.29, 0.717) is 29.2 Å². The summed E-state index contributed by atoms with van der Waals surface area (Å²) in [5.41, 5.74) is -1.14. The van der Waals surface area contributed by atoms with E-state index >= 15 is 0 Å². The lowest BCUT2D eigenvalue weighted by molar-refractivity contribution is -0.385. The Morgan fingerprint density at radius 2 is 1.82 bits per heavy atom. The summed E-state index contributed by atoms with van der Waals surface area (Å²) in [6.45, 7) is 0.0360. The van der Waals surface area contributed by atoms with Crippen LogP contribution in [0.2, 0.25) is 5.02 Å². The molecule has 5 rings (SSSR count). The average Bonchev–Trinajstić information content (AvgIpc) is 3.05. The van der Waals surface area contributed by atoms with Crippen molar-refractivity contribution in [2.24, 2.45) is 0 Å². The number of likely N-dealkylation sites (tertiary alicyclic amines) is 1. The van der Waals surface area contributed by atoms with Gasteiger partial charge in [0.2, 0.25) is 5.91 Å². The Morgan fingerprint density at radius 1 is 1.09 bits per heavy atom. The molecule has 3 aliphatic rings. The number of fused-ring (bicyclic) bond motifs is 2. The van der Waals surface area contributed by atoms with Gasteiger partial charge in [0.05, 0.1) is 22.5 Å². The van der Waals surface area contributed by atoms with Gasteiger partial charge in [0.1, 0.15) is 23.5 Å². The first kappa shape index (κ1) is 22.0. The van der Waals surface area contributed by atoms with Gasteiger partial charge in [0.25, 0.3) is 17.5 Å². The standard InChI is InChI=1S/C23H18ClN3O7/c24-13-4-5-18-15(10-13)17(28)11-23(34-18)6-8-25(9-7-23)19(29)12-26-21(30)14-2-1-3-16(27(32)33)20(14)22(26)31/h1-5,10H,6-9,11-12H2. The summed E-state index contributed by atoms with van der Waals surface area (Å²) in [5.74, 6) is -1.65. The molecule has 0 aromatic heterocycles. The predicted molar refractivity (Wildman–Crippen MR) is 118 cm³/mol. The number of halogens is 1. The number of carbonyl (C=O) groups is 4. The number of piperidine rings is 1. The van der Waals surface area contributed by atoms with E-state index in [1.807, 2.05) is 0 Å². The Morgan fingerprint density at radius 3 is 2.53 bits per heavy atom. The number of amides is 3. The van der Waals surface area contributed by atoms with Gasteiger partial charge >= 0.3 is 0 Å². The van der Waals surface area contributed by atoms with E-state index in [1.165, 1.54) is 17.0 Å². The molecule has 1 fully saturated rings. The third kappa shape index (κ3) is 3.50. The molecule has 0 saturated carbocycles. The van der Waals surface area contributed by atoms with Crippen LogP contribution in [0.4, 0.5) is 5.69 Å². The zero-order valence-electron chi connectivity index (χ0n) is 17.8. The fraction of sp³-hybridized carbons (Fsp3) is 0.304. The highest BCUT2D eigenvalue weighted by Crippen LogP contribution is 2.40. The maximum Gasteiger partial charge on any atom is 0.282 e. The highest BCUT2D eigenvalue weighted by atomic mass is 35.5. The molecule has 0 radical (unpaired) electrons. The van der Waals surface area contributed by atoms with Crippen molar-refractivity contribution < 1.29 is 28.8 Å². The minimum absolute atomic E-state index is 0.0730. The van der Waals surface area contributed by atoms with Gasteiger partial charge in [-0.15, -0.1) is 0 Å². The summed E-state index contributed by atoms with van der Waals surface area (Å²) >= 11 is 5.98. The molecule has 0 N–H and O–H groups in total. The molecular weight excluding hydrogens is 466 g/mol. The molecule has 1 spiro atoms. The monoisotopic (exact) mass is 483 g/mol. The molecule has 10 nitrogen and oxygen atoms in total. The van der Waals surface area contributed by atoms with Gasteiger partial charge in [-0.2, -0.15) is 0 Å². The Hall–Kier alpha value is -3.79. The van der Waals surface area contributed by atoms with Gasteiger partial charge in [-0.3, -0.25) is 34.2 Å². The van der Waals surface area contributed by atoms with Crippen molar-refractivity contribution in [2.45, 2.75) is 24.9 Å². The fourth-order valence-electron chi connectivity index (χ4n) is 4.76. The van der Waals surface area contributed by atoms with Crippen LogP contribution in [-0.2, 0) is 4.79 Å². The van der Waals surface area contributed by atoms with Gasteiger partial charge in [0, 0.05) is 37.0 Å². The van der Waals surface area contributed by atoms with Gasteiger partial charge in [-0.05, 0) is 24.3 Å². The van der Waals surface area contributed by atoms with Crippen LogP contribution in [0.25, 0.3) is 0 Å². The van der Waals surface area contributed by atoms with Gasteiger partial charge in [-0.25, -0.2) is 0 Å². The second kappa shape index (κ2) is 7.91. The molecular formula is C23H18ClN3O7. The molecule has 11 heteroatoms. The Bertz CT molecular complexity index is 1280. The number of nitro groups is 1. The number of nitrogens with zero attached hydrogens (tertiary/aromatic N) is 3. The van der Waals surface area contributed by atoms with E-state index in [9.17, 15) is 29.3 Å². The van der Waals surface area contributed by atoms with E-state index in [2.05, 4.69) is 0 Å². The molecule has 3 heterocycles. The van der Waals surface area contributed by atoms with Crippen LogP contribution in [0.1, 0.15) is 50.3 Å². The second-order valence-electron chi connectivity index (χ2n) is 8.56. The molecule has 0 atom stereocenters.